The van der Waals surface area contributed by atoms with E-state index in [1.807, 2.05) is 24.3 Å². The molecule has 0 bridgehead atoms. The van der Waals surface area contributed by atoms with Crippen molar-refractivity contribution < 1.29 is 22.7 Å². The summed E-state index contributed by atoms with van der Waals surface area (Å²) in [4.78, 5) is 13.9. The molecule has 0 radical (unpaired) electrons. The molecule has 1 aromatic rings. The van der Waals surface area contributed by atoms with E-state index in [0.717, 1.165) is 24.2 Å². The molecule has 3 aliphatic rings. The zero-order valence-corrected chi connectivity index (χ0v) is 16.2. The summed E-state index contributed by atoms with van der Waals surface area (Å²) >= 11 is 0. The number of hydrogen-bond donors (Lipinski definition) is 0. The second kappa shape index (κ2) is 7.29. The summed E-state index contributed by atoms with van der Waals surface area (Å²) in [6.45, 7) is 2.21. The van der Waals surface area contributed by atoms with Gasteiger partial charge in [0.25, 0.3) is 10.2 Å². The second-order valence-electron chi connectivity index (χ2n) is 7.21. The first-order valence-electron chi connectivity index (χ1n) is 9.34. The predicted molar refractivity (Wildman–Crippen MR) is 98.8 cm³/mol. The van der Waals surface area contributed by atoms with Crippen LogP contribution in [0, 0.1) is 0 Å². The van der Waals surface area contributed by atoms with Crippen molar-refractivity contribution in [3.8, 4) is 5.75 Å². The first-order chi connectivity index (χ1) is 13.0. The van der Waals surface area contributed by atoms with Crippen molar-refractivity contribution in [2.24, 2.45) is 0 Å². The number of carbonyl (C=O) groups is 1. The number of ether oxygens (including phenoxy) is 2. The van der Waals surface area contributed by atoms with Gasteiger partial charge in [-0.15, -0.1) is 0 Å². The van der Waals surface area contributed by atoms with Crippen molar-refractivity contribution in [1.82, 2.24) is 13.5 Å². The lowest BCUT2D eigenvalue weighted by atomic mass is 10.1. The Morgan fingerprint density at radius 3 is 2.48 bits per heavy atom. The molecule has 0 saturated carbocycles. The zero-order valence-electron chi connectivity index (χ0n) is 15.4. The van der Waals surface area contributed by atoms with Crippen LogP contribution in [0.3, 0.4) is 0 Å². The minimum Gasteiger partial charge on any atom is -0.497 e. The maximum Gasteiger partial charge on any atom is 0.410 e. The Kier molecular flexibility index (Phi) is 5.00. The lowest BCUT2D eigenvalue weighted by molar-refractivity contribution is 0.128. The van der Waals surface area contributed by atoms with Gasteiger partial charge in [-0.25, -0.2) is 4.79 Å². The summed E-state index contributed by atoms with van der Waals surface area (Å²) < 4.78 is 39.2. The van der Waals surface area contributed by atoms with E-state index in [1.54, 1.807) is 12.0 Å². The van der Waals surface area contributed by atoms with Gasteiger partial charge in [0.15, 0.2) is 0 Å². The predicted octanol–water partition coefficient (Wildman–Crippen LogP) is 1.08. The summed E-state index contributed by atoms with van der Waals surface area (Å²) in [5.41, 5.74) is 1.09. The zero-order chi connectivity index (χ0) is 19.0. The maximum absolute atomic E-state index is 12.8. The summed E-state index contributed by atoms with van der Waals surface area (Å²) in [6, 6.07) is 7.50. The lowest BCUT2D eigenvalue weighted by Crippen LogP contribution is -2.44. The van der Waals surface area contributed by atoms with Gasteiger partial charge in [-0.1, -0.05) is 12.1 Å². The highest BCUT2D eigenvalue weighted by Gasteiger charge is 2.51. The molecule has 27 heavy (non-hydrogen) atoms. The van der Waals surface area contributed by atoms with Crippen molar-refractivity contribution in [3.63, 3.8) is 0 Å². The van der Waals surface area contributed by atoms with Crippen LogP contribution < -0.4 is 4.74 Å². The molecule has 0 unspecified atom stereocenters. The van der Waals surface area contributed by atoms with Crippen LogP contribution in [0.5, 0.6) is 5.75 Å². The molecule has 0 aromatic heterocycles. The molecule has 0 N–H and O–H groups in total. The molecule has 1 aromatic carbocycles. The van der Waals surface area contributed by atoms with Crippen molar-refractivity contribution in [1.29, 1.82) is 0 Å². The smallest absolute Gasteiger partial charge is 0.410 e. The molecule has 2 atom stereocenters. The normalized spacial score (nSPS) is 26.4. The molecule has 3 heterocycles. The average Bonchev–Trinajstić information content (AvgIpc) is 3.38. The monoisotopic (exact) mass is 395 g/mol. The molecule has 9 heteroatoms. The van der Waals surface area contributed by atoms with Crippen LogP contribution in [0.25, 0.3) is 0 Å². The Hall–Kier alpha value is -1.84. The minimum atomic E-state index is -3.46. The van der Waals surface area contributed by atoms with Crippen molar-refractivity contribution in [2.45, 2.75) is 31.4 Å². The second-order valence-corrected chi connectivity index (χ2v) is 9.14. The first kappa shape index (κ1) is 18.5. The van der Waals surface area contributed by atoms with Gasteiger partial charge in [-0.2, -0.15) is 17.0 Å². The Morgan fingerprint density at radius 2 is 1.81 bits per heavy atom. The van der Waals surface area contributed by atoms with E-state index in [4.69, 9.17) is 9.47 Å². The molecule has 0 spiro atoms. The van der Waals surface area contributed by atoms with Gasteiger partial charge in [-0.3, -0.25) is 4.90 Å². The molecule has 3 aliphatic heterocycles. The standard InChI is InChI=1S/C18H25N3O5S/c1-25-15-6-4-14(5-7-15)8-11-21-16-12-20(13-17(16)26-18(21)22)27(23,24)19-9-2-3-10-19/h4-7,16-17H,2-3,8-13H2,1H3/t16-,17+/m0/s1. The number of methoxy groups -OCH3 is 1. The largest absolute Gasteiger partial charge is 0.497 e. The van der Waals surface area contributed by atoms with Crippen LogP contribution in [0.1, 0.15) is 18.4 Å². The number of benzene rings is 1. The fourth-order valence-electron chi connectivity index (χ4n) is 4.04. The van der Waals surface area contributed by atoms with E-state index in [9.17, 15) is 13.2 Å². The molecule has 148 valence electrons. The highest BCUT2D eigenvalue weighted by atomic mass is 32.2. The van der Waals surface area contributed by atoms with Gasteiger partial charge in [0, 0.05) is 26.2 Å². The van der Waals surface area contributed by atoms with E-state index in [2.05, 4.69) is 0 Å². The van der Waals surface area contributed by atoms with Crippen molar-refractivity contribution in [3.05, 3.63) is 29.8 Å². The molecule has 3 fully saturated rings. The molecule has 3 saturated heterocycles. The molecule has 0 aliphatic carbocycles. The number of carbonyl (C=O) groups excluding carboxylic acids is 1. The summed E-state index contributed by atoms with van der Waals surface area (Å²) in [7, 11) is -1.84. The van der Waals surface area contributed by atoms with E-state index >= 15 is 0 Å². The maximum atomic E-state index is 12.8. The van der Waals surface area contributed by atoms with Crippen LogP contribution in [0.4, 0.5) is 4.79 Å². The van der Waals surface area contributed by atoms with Crippen LogP contribution in [0.2, 0.25) is 0 Å². The van der Waals surface area contributed by atoms with E-state index < -0.39 is 10.2 Å². The van der Waals surface area contributed by atoms with Gasteiger partial charge >= 0.3 is 6.09 Å². The quantitative estimate of drug-likeness (QED) is 0.720. The molecule has 1 amide bonds. The minimum absolute atomic E-state index is 0.215. The third-order valence-corrected chi connectivity index (χ3v) is 7.58. The number of rotatable bonds is 6. The highest BCUT2D eigenvalue weighted by molar-refractivity contribution is 7.86. The average molecular weight is 395 g/mol. The number of hydrogen-bond acceptors (Lipinski definition) is 5. The van der Waals surface area contributed by atoms with Crippen molar-refractivity contribution in [2.75, 3.05) is 39.8 Å². The van der Waals surface area contributed by atoms with E-state index in [-0.39, 0.29) is 24.8 Å². The Morgan fingerprint density at radius 1 is 1.11 bits per heavy atom. The number of amides is 1. The van der Waals surface area contributed by atoms with E-state index in [1.165, 1.54) is 8.61 Å². The molecule has 4 rings (SSSR count). The van der Waals surface area contributed by atoms with Gasteiger partial charge < -0.3 is 9.47 Å². The number of nitrogens with zero attached hydrogens (tertiary/aromatic N) is 3. The van der Waals surface area contributed by atoms with Crippen LogP contribution in [-0.2, 0) is 21.4 Å². The fraction of sp³-hybridized carbons (Fsp3) is 0.611. The van der Waals surface area contributed by atoms with Crippen LogP contribution in [0.15, 0.2) is 24.3 Å². The number of fused-ring (bicyclic) bond motifs is 1. The van der Waals surface area contributed by atoms with Gasteiger partial charge in [0.2, 0.25) is 0 Å². The molecular formula is C18H25N3O5S. The Bertz CT molecular complexity index is 792. The Labute approximate surface area is 159 Å². The van der Waals surface area contributed by atoms with Gasteiger partial charge in [0.05, 0.1) is 19.7 Å². The summed E-state index contributed by atoms with van der Waals surface area (Å²) in [5.74, 6) is 0.790. The van der Waals surface area contributed by atoms with E-state index in [0.29, 0.717) is 32.6 Å². The van der Waals surface area contributed by atoms with Gasteiger partial charge in [0.1, 0.15) is 11.9 Å². The topological polar surface area (TPSA) is 79.4 Å². The summed E-state index contributed by atoms with van der Waals surface area (Å²) in [6.07, 6.45) is 1.76. The SMILES string of the molecule is COc1ccc(CCN2C(=O)O[C@@H]3CN(S(=O)(=O)N4CCCC4)C[C@@H]32)cc1. The van der Waals surface area contributed by atoms with Gasteiger partial charge in [-0.05, 0) is 37.0 Å². The molecular weight excluding hydrogens is 370 g/mol. The molecule has 8 nitrogen and oxygen atoms in total. The fourth-order valence-corrected chi connectivity index (χ4v) is 5.76. The van der Waals surface area contributed by atoms with Crippen molar-refractivity contribution >= 4 is 16.3 Å². The third-order valence-electron chi connectivity index (χ3n) is 5.61. The van der Waals surface area contributed by atoms with Crippen LogP contribution >= 0.6 is 0 Å². The van der Waals surface area contributed by atoms with Crippen LogP contribution in [-0.4, -0.2) is 80.0 Å². The third kappa shape index (κ3) is 3.51. The summed E-state index contributed by atoms with van der Waals surface area (Å²) in [5, 5.41) is 0. The Balaban J connectivity index is 1.40. The highest BCUT2D eigenvalue weighted by Crippen LogP contribution is 2.30. The first-order valence-corrected chi connectivity index (χ1v) is 10.7. The lowest BCUT2D eigenvalue weighted by Gasteiger charge is -2.25.